The molecular weight excluding hydrogens is 375 g/mol. The lowest BCUT2D eigenvalue weighted by molar-refractivity contribution is -0.145. The van der Waals surface area contributed by atoms with Crippen molar-refractivity contribution in [3.8, 4) is 5.69 Å². The fourth-order valence-corrected chi connectivity index (χ4v) is 3.63. The summed E-state index contributed by atoms with van der Waals surface area (Å²) in [6.45, 7) is 3.51. The number of halogens is 3. The van der Waals surface area contributed by atoms with E-state index in [1.54, 1.807) is 32.0 Å². The molecule has 2 heterocycles. The summed E-state index contributed by atoms with van der Waals surface area (Å²) >= 11 is 0. The minimum absolute atomic E-state index is 0.120. The topological polar surface area (TPSA) is 75.4 Å². The number of carboxylic acid groups (broad SMARTS) is 1. The normalized spacial score (nSPS) is 20.2. The van der Waals surface area contributed by atoms with Crippen LogP contribution in [0.1, 0.15) is 35.0 Å². The van der Waals surface area contributed by atoms with Gasteiger partial charge in [-0.3, -0.25) is 9.59 Å². The number of hydrogen-bond donors (Lipinski definition) is 1. The van der Waals surface area contributed by atoms with E-state index in [4.69, 9.17) is 0 Å². The predicted octanol–water partition coefficient (Wildman–Crippen LogP) is 3.38. The number of nitrogens with zero attached hydrogens (tertiary/aromatic N) is 3. The molecule has 0 bridgehead atoms. The number of aryl methyl sites for hydroxylation is 1. The molecule has 1 saturated heterocycles. The molecule has 1 N–H and O–H groups in total. The molecule has 1 fully saturated rings. The predicted molar refractivity (Wildman–Crippen MR) is 94.1 cm³/mol. The third-order valence-electron chi connectivity index (χ3n) is 4.91. The van der Waals surface area contributed by atoms with Crippen molar-refractivity contribution >= 4 is 11.9 Å². The molecule has 1 amide bonds. The molecule has 2 atom stereocenters. The summed E-state index contributed by atoms with van der Waals surface area (Å²) in [5, 5.41) is 13.1. The van der Waals surface area contributed by atoms with Crippen LogP contribution >= 0.6 is 0 Å². The summed E-state index contributed by atoms with van der Waals surface area (Å²) in [5.41, 5.74) is -0.928. The summed E-state index contributed by atoms with van der Waals surface area (Å²) in [5.74, 6) is -2.84. The van der Waals surface area contributed by atoms with E-state index >= 15 is 0 Å². The van der Waals surface area contributed by atoms with Crippen molar-refractivity contribution in [2.45, 2.75) is 26.4 Å². The molecule has 0 aliphatic carbocycles. The zero-order valence-corrected chi connectivity index (χ0v) is 15.4. The van der Waals surface area contributed by atoms with Gasteiger partial charge in [0.1, 0.15) is 0 Å². The number of likely N-dealkylation sites (tertiary alicyclic amines) is 1. The lowest BCUT2D eigenvalue weighted by Gasteiger charge is -2.34. The van der Waals surface area contributed by atoms with Gasteiger partial charge < -0.3 is 10.0 Å². The van der Waals surface area contributed by atoms with Crippen LogP contribution in [0.2, 0.25) is 0 Å². The van der Waals surface area contributed by atoms with Crippen molar-refractivity contribution in [2.75, 3.05) is 13.1 Å². The van der Waals surface area contributed by atoms with E-state index < -0.39 is 35.2 Å². The van der Waals surface area contributed by atoms with Gasteiger partial charge in [-0.15, -0.1) is 0 Å². The molecular formula is C19H20F3N3O3. The van der Waals surface area contributed by atoms with Gasteiger partial charge in [-0.05, 0) is 30.9 Å². The van der Waals surface area contributed by atoms with Crippen LogP contribution in [0.3, 0.4) is 0 Å². The Morgan fingerprint density at radius 2 is 1.89 bits per heavy atom. The van der Waals surface area contributed by atoms with Crippen LogP contribution in [0.5, 0.6) is 0 Å². The Kier molecular flexibility index (Phi) is 5.18. The number of amides is 1. The number of benzene rings is 1. The van der Waals surface area contributed by atoms with Crippen molar-refractivity contribution in [2.24, 2.45) is 11.8 Å². The van der Waals surface area contributed by atoms with Crippen LogP contribution in [-0.2, 0) is 11.0 Å². The van der Waals surface area contributed by atoms with Gasteiger partial charge in [-0.25, -0.2) is 4.68 Å². The maximum absolute atomic E-state index is 13.8. The standard InChI is InChI=1S/C19H20F3N3O3/c1-11-7-13(18(27)28)10-24(9-11)17(26)14-8-23-25(16(14)19(20,21)22)15-6-4-3-5-12(15)2/h3-6,8,11,13H,7,9-10H2,1-2H3,(H,27,28). The van der Waals surface area contributed by atoms with Gasteiger partial charge >= 0.3 is 12.1 Å². The minimum atomic E-state index is -4.81. The molecule has 150 valence electrons. The second kappa shape index (κ2) is 7.29. The Bertz CT molecular complexity index is 907. The molecule has 1 aliphatic rings. The molecule has 9 heteroatoms. The van der Waals surface area contributed by atoms with Crippen molar-refractivity contribution in [3.63, 3.8) is 0 Å². The summed E-state index contributed by atoms with van der Waals surface area (Å²) in [6.07, 6.45) is -3.52. The van der Waals surface area contributed by atoms with Crippen LogP contribution < -0.4 is 0 Å². The largest absolute Gasteiger partial charge is 0.481 e. The Morgan fingerprint density at radius 1 is 1.21 bits per heavy atom. The zero-order chi connectivity index (χ0) is 20.6. The Balaban J connectivity index is 2.04. The maximum atomic E-state index is 13.8. The van der Waals surface area contributed by atoms with E-state index in [-0.39, 0.29) is 24.7 Å². The average molecular weight is 395 g/mol. The average Bonchev–Trinajstić information content (AvgIpc) is 3.06. The number of hydrogen-bond acceptors (Lipinski definition) is 3. The summed E-state index contributed by atoms with van der Waals surface area (Å²) in [4.78, 5) is 25.4. The molecule has 2 unspecified atom stereocenters. The Labute approximate surface area is 159 Å². The van der Waals surface area contributed by atoms with Gasteiger partial charge in [0.05, 0.1) is 23.4 Å². The van der Waals surface area contributed by atoms with Crippen LogP contribution in [0, 0.1) is 18.8 Å². The first-order chi connectivity index (χ1) is 13.1. The first kappa shape index (κ1) is 19.9. The summed E-state index contributed by atoms with van der Waals surface area (Å²) < 4.78 is 42.3. The number of aliphatic carboxylic acids is 1. The Hall–Kier alpha value is -2.84. The van der Waals surface area contributed by atoms with E-state index in [9.17, 15) is 27.9 Å². The number of carboxylic acids is 1. The highest BCUT2D eigenvalue weighted by Gasteiger charge is 2.42. The molecule has 6 nitrogen and oxygen atoms in total. The molecule has 0 spiro atoms. The second-order valence-corrected chi connectivity index (χ2v) is 7.19. The van der Waals surface area contributed by atoms with E-state index in [0.29, 0.717) is 12.0 Å². The second-order valence-electron chi connectivity index (χ2n) is 7.19. The fourth-order valence-electron chi connectivity index (χ4n) is 3.63. The molecule has 28 heavy (non-hydrogen) atoms. The molecule has 3 rings (SSSR count). The SMILES string of the molecule is Cc1ccccc1-n1ncc(C(=O)N2CC(C)CC(C(=O)O)C2)c1C(F)(F)F. The smallest absolute Gasteiger partial charge is 0.434 e. The highest BCUT2D eigenvalue weighted by molar-refractivity contribution is 5.96. The molecule has 1 aromatic heterocycles. The lowest BCUT2D eigenvalue weighted by Crippen LogP contribution is -2.45. The zero-order valence-electron chi connectivity index (χ0n) is 15.4. The molecule has 1 aromatic carbocycles. The molecule has 0 radical (unpaired) electrons. The van der Waals surface area contributed by atoms with Crippen molar-refractivity contribution < 1.29 is 27.9 Å². The molecule has 2 aromatic rings. The third kappa shape index (κ3) is 3.74. The van der Waals surface area contributed by atoms with Crippen LogP contribution in [0.25, 0.3) is 5.69 Å². The highest BCUT2D eigenvalue weighted by Crippen LogP contribution is 2.35. The third-order valence-corrected chi connectivity index (χ3v) is 4.91. The van der Waals surface area contributed by atoms with Gasteiger partial charge in [0, 0.05) is 13.1 Å². The van der Waals surface area contributed by atoms with Crippen LogP contribution in [0.15, 0.2) is 30.5 Å². The number of carbonyl (C=O) groups excluding carboxylic acids is 1. The number of carbonyl (C=O) groups is 2. The minimum Gasteiger partial charge on any atom is -0.481 e. The quantitative estimate of drug-likeness (QED) is 0.865. The van der Waals surface area contributed by atoms with Gasteiger partial charge in [0.2, 0.25) is 0 Å². The molecule has 1 aliphatic heterocycles. The van der Waals surface area contributed by atoms with Gasteiger partial charge in [-0.2, -0.15) is 18.3 Å². The summed E-state index contributed by atoms with van der Waals surface area (Å²) in [7, 11) is 0. The van der Waals surface area contributed by atoms with E-state index in [0.717, 1.165) is 10.9 Å². The number of piperidine rings is 1. The van der Waals surface area contributed by atoms with E-state index in [1.165, 1.54) is 11.0 Å². The highest BCUT2D eigenvalue weighted by atomic mass is 19.4. The van der Waals surface area contributed by atoms with Gasteiger partial charge in [-0.1, -0.05) is 25.1 Å². The summed E-state index contributed by atoms with van der Waals surface area (Å²) in [6, 6.07) is 6.44. The van der Waals surface area contributed by atoms with Gasteiger partial charge in [0.15, 0.2) is 5.69 Å². The fraction of sp³-hybridized carbons (Fsp3) is 0.421. The van der Waals surface area contributed by atoms with Crippen molar-refractivity contribution in [3.05, 3.63) is 47.3 Å². The first-order valence-electron chi connectivity index (χ1n) is 8.83. The number of alkyl halides is 3. The number of aromatic nitrogens is 2. The monoisotopic (exact) mass is 395 g/mol. The van der Waals surface area contributed by atoms with E-state index in [2.05, 4.69) is 5.10 Å². The van der Waals surface area contributed by atoms with Crippen molar-refractivity contribution in [1.29, 1.82) is 0 Å². The maximum Gasteiger partial charge on any atom is 0.434 e. The number of rotatable bonds is 3. The molecule has 0 saturated carbocycles. The van der Waals surface area contributed by atoms with E-state index in [1.807, 2.05) is 0 Å². The lowest BCUT2D eigenvalue weighted by atomic mass is 9.90. The number of para-hydroxylation sites is 1. The Morgan fingerprint density at radius 3 is 2.50 bits per heavy atom. The van der Waals surface area contributed by atoms with Crippen LogP contribution in [0.4, 0.5) is 13.2 Å². The first-order valence-corrected chi connectivity index (χ1v) is 8.83. The van der Waals surface area contributed by atoms with Crippen molar-refractivity contribution in [1.82, 2.24) is 14.7 Å². The van der Waals surface area contributed by atoms with Gasteiger partial charge in [0.25, 0.3) is 5.91 Å². The van der Waals surface area contributed by atoms with Crippen LogP contribution in [-0.4, -0.2) is 44.8 Å².